The van der Waals surface area contributed by atoms with E-state index in [-0.39, 0.29) is 5.78 Å². The molecule has 0 aliphatic rings. The zero-order valence-corrected chi connectivity index (χ0v) is 34.9. The van der Waals surface area contributed by atoms with Gasteiger partial charge in [-0.2, -0.15) is 0 Å². The predicted octanol–water partition coefficient (Wildman–Crippen LogP) is 15.8. The molecule has 0 radical (unpaired) electrons. The van der Waals surface area contributed by atoms with Crippen molar-refractivity contribution in [2.45, 2.75) is 47.5 Å². The molecule has 0 unspecified atom stereocenters. The van der Waals surface area contributed by atoms with Crippen molar-refractivity contribution in [2.24, 2.45) is 0 Å². The molecule has 0 atom stereocenters. The van der Waals surface area contributed by atoms with E-state index in [2.05, 4.69) is 181 Å². The summed E-state index contributed by atoms with van der Waals surface area (Å²) >= 11 is 0. The maximum absolute atomic E-state index is 12.0. The Kier molecular flexibility index (Phi) is 14.8. The van der Waals surface area contributed by atoms with Crippen LogP contribution < -0.4 is 9.80 Å². The minimum Gasteiger partial charge on any atom is -0.310 e. The molecular formula is C56H54N2O. The van der Waals surface area contributed by atoms with Crippen molar-refractivity contribution in [2.75, 3.05) is 9.80 Å². The number of carbonyl (C=O) groups is 1. The molecule has 0 saturated heterocycles. The van der Waals surface area contributed by atoms with Crippen LogP contribution in [0.2, 0.25) is 0 Å². The van der Waals surface area contributed by atoms with Gasteiger partial charge in [0.1, 0.15) is 0 Å². The van der Waals surface area contributed by atoms with Gasteiger partial charge in [0.05, 0.1) is 0 Å². The number of benzene rings is 8. The molecule has 8 aromatic carbocycles. The molecule has 0 bridgehead atoms. The summed E-state index contributed by atoms with van der Waals surface area (Å²) in [5, 5.41) is 0. The molecule has 0 fully saturated rings. The maximum atomic E-state index is 12.0. The molecule has 0 aliphatic heterocycles. The van der Waals surface area contributed by atoms with E-state index < -0.39 is 0 Å². The van der Waals surface area contributed by atoms with Crippen LogP contribution in [0.1, 0.15) is 59.8 Å². The molecule has 3 heteroatoms. The van der Waals surface area contributed by atoms with E-state index in [9.17, 15) is 4.79 Å². The van der Waals surface area contributed by atoms with E-state index in [0.717, 1.165) is 58.1 Å². The summed E-state index contributed by atoms with van der Waals surface area (Å²) in [5.74, 6) is 0.0793. The van der Waals surface area contributed by atoms with Gasteiger partial charge in [-0.25, -0.2) is 0 Å². The van der Waals surface area contributed by atoms with Crippen LogP contribution in [0.3, 0.4) is 0 Å². The van der Waals surface area contributed by atoms with Crippen molar-refractivity contribution >= 4 is 39.9 Å². The lowest BCUT2D eigenvalue weighted by Crippen LogP contribution is -2.11. The summed E-state index contributed by atoms with van der Waals surface area (Å²) in [6, 6.07) is 73.3. The Bertz CT molecular complexity index is 2400. The van der Waals surface area contributed by atoms with Crippen molar-refractivity contribution in [3.8, 4) is 11.1 Å². The number of anilines is 6. The normalized spacial score (nSPS) is 10.3. The minimum atomic E-state index is 0.0793. The molecule has 0 N–H and O–H groups in total. The summed E-state index contributed by atoms with van der Waals surface area (Å²) in [6.07, 6.45) is 2.11. The molecule has 0 aliphatic carbocycles. The first-order valence-corrected chi connectivity index (χ1v) is 20.7. The Balaban J connectivity index is 0.000000288. The van der Waals surface area contributed by atoms with Gasteiger partial charge in [-0.15, -0.1) is 0 Å². The average molecular weight is 771 g/mol. The van der Waals surface area contributed by atoms with Crippen molar-refractivity contribution in [3.63, 3.8) is 0 Å². The van der Waals surface area contributed by atoms with Crippen molar-refractivity contribution in [3.05, 3.63) is 240 Å². The van der Waals surface area contributed by atoms with E-state index in [4.69, 9.17) is 0 Å². The Hall–Kier alpha value is -6.97. The van der Waals surface area contributed by atoms with Crippen LogP contribution in [0.15, 0.2) is 212 Å². The lowest BCUT2D eigenvalue weighted by molar-refractivity contribution is 0.103. The highest BCUT2D eigenvalue weighted by Crippen LogP contribution is 2.41. The number of carbonyl (C=O) groups excluding carboxylic acids is 1. The number of para-hydroxylation sites is 4. The van der Waals surface area contributed by atoms with Gasteiger partial charge in [-0.3, -0.25) is 4.79 Å². The number of hydrogen-bond acceptors (Lipinski definition) is 3. The summed E-state index contributed by atoms with van der Waals surface area (Å²) in [7, 11) is 0. The third-order valence-corrected chi connectivity index (χ3v) is 10.0. The van der Waals surface area contributed by atoms with Crippen LogP contribution in [-0.4, -0.2) is 5.78 Å². The lowest BCUT2D eigenvalue weighted by atomic mass is 9.92. The van der Waals surface area contributed by atoms with Crippen LogP contribution in [-0.2, 0) is 6.42 Å². The minimum absolute atomic E-state index is 0.0793. The molecule has 0 spiro atoms. The predicted molar refractivity (Wildman–Crippen MR) is 252 cm³/mol. The van der Waals surface area contributed by atoms with Crippen LogP contribution in [0, 0.1) is 13.8 Å². The van der Waals surface area contributed by atoms with Gasteiger partial charge in [-0.05, 0) is 115 Å². The van der Waals surface area contributed by atoms with Gasteiger partial charge < -0.3 is 9.80 Å². The van der Waals surface area contributed by atoms with Crippen LogP contribution in [0.5, 0.6) is 0 Å². The van der Waals surface area contributed by atoms with Crippen LogP contribution in [0.25, 0.3) is 11.1 Å². The topological polar surface area (TPSA) is 23.6 Å². The van der Waals surface area contributed by atoms with Crippen LogP contribution in [0.4, 0.5) is 34.1 Å². The maximum Gasteiger partial charge on any atom is 0.193 e. The van der Waals surface area contributed by atoms with E-state index in [0.29, 0.717) is 0 Å². The second-order valence-corrected chi connectivity index (χ2v) is 14.2. The summed E-state index contributed by atoms with van der Waals surface area (Å²) in [6.45, 7) is 10.5. The SMILES string of the molecule is CC.CCCc1ccc(N(c2ccccc2)c2ccccc2)cc1-c1cc(N(c2ccccc2)c2ccccc2)ccc1C.Cc1ccc(C(=O)c2ccccc2)cc1. The largest absolute Gasteiger partial charge is 0.310 e. The second-order valence-electron chi connectivity index (χ2n) is 14.2. The van der Waals surface area contributed by atoms with E-state index in [1.165, 1.54) is 27.8 Å². The first kappa shape index (κ1) is 41.7. The molecule has 8 aromatic rings. The molecule has 59 heavy (non-hydrogen) atoms. The molecule has 3 nitrogen and oxygen atoms in total. The van der Waals surface area contributed by atoms with Crippen molar-refractivity contribution < 1.29 is 4.79 Å². The number of ketones is 1. The molecule has 0 heterocycles. The Labute approximate surface area is 351 Å². The molecule has 294 valence electrons. The van der Waals surface area contributed by atoms with E-state index in [1.807, 2.05) is 75.4 Å². The van der Waals surface area contributed by atoms with Gasteiger partial charge >= 0.3 is 0 Å². The fourth-order valence-corrected chi connectivity index (χ4v) is 7.14. The zero-order valence-electron chi connectivity index (χ0n) is 34.9. The smallest absolute Gasteiger partial charge is 0.193 e. The Morgan fingerprint density at radius 2 is 0.780 bits per heavy atom. The van der Waals surface area contributed by atoms with Crippen molar-refractivity contribution in [1.82, 2.24) is 0 Å². The number of aryl methyl sites for hydroxylation is 3. The first-order chi connectivity index (χ1) is 29.0. The monoisotopic (exact) mass is 770 g/mol. The van der Waals surface area contributed by atoms with Gasteiger partial charge in [0.2, 0.25) is 0 Å². The number of rotatable bonds is 11. The zero-order chi connectivity index (χ0) is 41.4. The molecule has 8 rings (SSSR count). The third kappa shape index (κ3) is 10.5. The van der Waals surface area contributed by atoms with E-state index in [1.54, 1.807) is 0 Å². The fourth-order valence-electron chi connectivity index (χ4n) is 7.14. The summed E-state index contributed by atoms with van der Waals surface area (Å²) < 4.78 is 0. The molecule has 0 saturated carbocycles. The van der Waals surface area contributed by atoms with E-state index >= 15 is 0 Å². The Morgan fingerprint density at radius 1 is 0.407 bits per heavy atom. The summed E-state index contributed by atoms with van der Waals surface area (Å²) in [4.78, 5) is 16.6. The van der Waals surface area contributed by atoms with Crippen molar-refractivity contribution in [1.29, 1.82) is 0 Å². The van der Waals surface area contributed by atoms with Crippen LogP contribution >= 0.6 is 0 Å². The Morgan fingerprint density at radius 3 is 1.20 bits per heavy atom. The number of nitrogens with zero attached hydrogens (tertiary/aromatic N) is 2. The van der Waals surface area contributed by atoms with Gasteiger partial charge in [0.25, 0.3) is 0 Å². The molecule has 0 amide bonds. The van der Waals surface area contributed by atoms with Gasteiger partial charge in [0, 0.05) is 45.3 Å². The highest BCUT2D eigenvalue weighted by Gasteiger charge is 2.18. The first-order valence-electron chi connectivity index (χ1n) is 20.7. The fraction of sp³-hybridized carbons (Fsp3) is 0.125. The summed E-state index contributed by atoms with van der Waals surface area (Å²) in [5.41, 5.74) is 14.7. The standard InChI is InChI=1S/C40H36N2.C14H12O.C2H6/c1-3-16-32-26-28-38(42(35-21-12-6-13-22-35)36-23-14-7-15-24-36)30-40(32)39-29-37(27-25-31(39)2)41(33-17-8-4-9-18-33)34-19-10-5-11-20-34;1-11-7-9-13(10-8-11)14(15)12-5-3-2-4-6-12;1-2/h4-15,17-30H,3,16H2,1-2H3;2-10H,1H3;1-2H3. The highest BCUT2D eigenvalue weighted by atomic mass is 16.1. The number of hydrogen-bond donors (Lipinski definition) is 0. The molecular weight excluding hydrogens is 717 g/mol. The lowest BCUT2D eigenvalue weighted by Gasteiger charge is -2.28. The van der Waals surface area contributed by atoms with Gasteiger partial charge in [-0.1, -0.05) is 172 Å². The highest BCUT2D eigenvalue weighted by molar-refractivity contribution is 6.08. The average Bonchev–Trinajstić information content (AvgIpc) is 3.30. The third-order valence-electron chi connectivity index (χ3n) is 10.0. The van der Waals surface area contributed by atoms with Gasteiger partial charge in [0.15, 0.2) is 5.78 Å². The quantitative estimate of drug-likeness (QED) is 0.122. The molecule has 0 aromatic heterocycles. The second kappa shape index (κ2) is 21.0.